The van der Waals surface area contributed by atoms with E-state index in [9.17, 15) is 4.79 Å². The normalized spacial score (nSPS) is 14.8. The third kappa shape index (κ3) is 4.83. The van der Waals surface area contributed by atoms with Crippen LogP contribution in [0, 0.1) is 13.8 Å². The Morgan fingerprint density at radius 1 is 1.03 bits per heavy atom. The van der Waals surface area contributed by atoms with E-state index in [1.54, 1.807) is 0 Å². The zero-order chi connectivity index (χ0) is 20.2. The van der Waals surface area contributed by atoms with Crippen LogP contribution in [0.1, 0.15) is 27.2 Å². The van der Waals surface area contributed by atoms with Gasteiger partial charge in [0.1, 0.15) is 5.69 Å². The minimum atomic E-state index is 0.0220. The van der Waals surface area contributed by atoms with Crippen LogP contribution in [0.15, 0.2) is 53.9 Å². The van der Waals surface area contributed by atoms with Gasteiger partial charge in [0.2, 0.25) is 0 Å². The molecule has 1 saturated heterocycles. The Morgan fingerprint density at radius 2 is 1.79 bits per heavy atom. The van der Waals surface area contributed by atoms with Gasteiger partial charge in [-0.3, -0.25) is 9.69 Å². The molecule has 0 atom stereocenters. The smallest absolute Gasteiger partial charge is 0.273 e. The minimum Gasteiger partial charge on any atom is -0.335 e. The predicted octanol–water partition coefficient (Wildman–Crippen LogP) is 4.46. The summed E-state index contributed by atoms with van der Waals surface area (Å²) in [6.07, 6.45) is 0. The average molecular weight is 407 g/mol. The monoisotopic (exact) mass is 406 g/mol. The summed E-state index contributed by atoms with van der Waals surface area (Å²) in [5.74, 6) is 0.0220. The van der Waals surface area contributed by atoms with Crippen LogP contribution < -0.4 is 5.32 Å². The maximum absolute atomic E-state index is 12.9. The van der Waals surface area contributed by atoms with Crippen molar-refractivity contribution in [1.29, 1.82) is 0 Å². The van der Waals surface area contributed by atoms with Crippen LogP contribution in [-0.2, 0) is 6.54 Å². The number of hydrogen-bond donors (Lipinski definition) is 1. The molecule has 4 rings (SSSR count). The van der Waals surface area contributed by atoms with Gasteiger partial charge in [0.25, 0.3) is 5.91 Å². The summed E-state index contributed by atoms with van der Waals surface area (Å²) in [4.78, 5) is 21.7. The predicted molar refractivity (Wildman–Crippen MR) is 119 cm³/mol. The number of piperazine rings is 1. The Balaban J connectivity index is 1.33. The number of aryl methyl sites for hydroxylation is 2. The summed E-state index contributed by atoms with van der Waals surface area (Å²) in [5, 5.41) is 5.91. The molecular formula is C23H26N4OS. The molecular weight excluding hydrogens is 380 g/mol. The van der Waals surface area contributed by atoms with Gasteiger partial charge < -0.3 is 10.2 Å². The Bertz CT molecular complexity index is 978. The lowest BCUT2D eigenvalue weighted by Gasteiger charge is -2.34. The third-order valence-electron chi connectivity index (χ3n) is 5.39. The van der Waals surface area contributed by atoms with Crippen molar-refractivity contribution in [2.75, 3.05) is 31.5 Å². The summed E-state index contributed by atoms with van der Waals surface area (Å²) >= 11 is 1.47. The number of aromatic nitrogens is 1. The molecule has 2 aromatic carbocycles. The molecule has 0 bridgehead atoms. The van der Waals surface area contributed by atoms with Crippen LogP contribution in [-0.4, -0.2) is 46.9 Å². The van der Waals surface area contributed by atoms with Crippen LogP contribution in [0.25, 0.3) is 0 Å². The number of benzene rings is 2. The molecule has 1 fully saturated rings. The summed E-state index contributed by atoms with van der Waals surface area (Å²) in [6, 6.07) is 16.7. The standard InChI is InChI=1S/C23H26N4OS/c1-17-8-9-20(14-18(17)2)24-23-25-21(16-29-23)22(28)27-12-10-26(11-13-27)15-19-6-4-3-5-7-19/h3-9,14,16H,10-13,15H2,1-2H3,(H,24,25). The first-order chi connectivity index (χ1) is 14.1. The lowest BCUT2D eigenvalue weighted by Crippen LogP contribution is -2.48. The van der Waals surface area contributed by atoms with Gasteiger partial charge in [0.15, 0.2) is 5.13 Å². The Hall–Kier alpha value is -2.70. The molecule has 1 aliphatic heterocycles. The van der Waals surface area contributed by atoms with E-state index in [1.165, 1.54) is 28.0 Å². The summed E-state index contributed by atoms with van der Waals surface area (Å²) < 4.78 is 0. The maximum atomic E-state index is 12.9. The highest BCUT2D eigenvalue weighted by Gasteiger charge is 2.24. The van der Waals surface area contributed by atoms with Gasteiger partial charge in [-0.05, 0) is 42.7 Å². The summed E-state index contributed by atoms with van der Waals surface area (Å²) in [5.41, 5.74) is 5.33. The van der Waals surface area contributed by atoms with Gasteiger partial charge in [-0.1, -0.05) is 36.4 Å². The number of anilines is 2. The van der Waals surface area contributed by atoms with Crippen molar-refractivity contribution >= 4 is 28.1 Å². The number of nitrogens with zero attached hydrogens (tertiary/aromatic N) is 3. The van der Waals surface area contributed by atoms with E-state index in [0.717, 1.165) is 43.5 Å². The van der Waals surface area contributed by atoms with Crippen LogP contribution in [0.5, 0.6) is 0 Å². The van der Waals surface area contributed by atoms with E-state index in [4.69, 9.17) is 0 Å². The van der Waals surface area contributed by atoms with E-state index in [-0.39, 0.29) is 5.91 Å². The van der Waals surface area contributed by atoms with Crippen molar-refractivity contribution in [2.24, 2.45) is 0 Å². The highest BCUT2D eigenvalue weighted by atomic mass is 32.1. The number of rotatable bonds is 5. The molecule has 150 valence electrons. The van der Waals surface area contributed by atoms with E-state index < -0.39 is 0 Å². The van der Waals surface area contributed by atoms with Crippen molar-refractivity contribution in [3.8, 4) is 0 Å². The van der Waals surface area contributed by atoms with Crippen LogP contribution in [0.2, 0.25) is 0 Å². The van der Waals surface area contributed by atoms with Gasteiger partial charge >= 0.3 is 0 Å². The van der Waals surface area contributed by atoms with Crippen molar-refractivity contribution < 1.29 is 4.79 Å². The van der Waals surface area contributed by atoms with Crippen molar-refractivity contribution in [3.05, 3.63) is 76.3 Å². The first kappa shape index (κ1) is 19.6. The second kappa shape index (κ2) is 8.76. The number of carbonyl (C=O) groups is 1. The summed E-state index contributed by atoms with van der Waals surface area (Å²) in [6.45, 7) is 8.38. The number of nitrogens with one attached hydrogen (secondary N) is 1. The molecule has 5 nitrogen and oxygen atoms in total. The number of hydrogen-bond acceptors (Lipinski definition) is 5. The lowest BCUT2D eigenvalue weighted by atomic mass is 10.1. The van der Waals surface area contributed by atoms with Gasteiger partial charge in [-0.2, -0.15) is 0 Å². The molecule has 0 unspecified atom stereocenters. The van der Waals surface area contributed by atoms with Gasteiger partial charge in [0, 0.05) is 43.8 Å². The quantitative estimate of drug-likeness (QED) is 0.680. The minimum absolute atomic E-state index is 0.0220. The fourth-order valence-electron chi connectivity index (χ4n) is 3.48. The fraction of sp³-hybridized carbons (Fsp3) is 0.304. The molecule has 6 heteroatoms. The second-order valence-electron chi connectivity index (χ2n) is 7.52. The largest absolute Gasteiger partial charge is 0.335 e. The molecule has 2 heterocycles. The van der Waals surface area contributed by atoms with Crippen molar-refractivity contribution in [1.82, 2.24) is 14.8 Å². The molecule has 29 heavy (non-hydrogen) atoms. The molecule has 0 aliphatic carbocycles. The van der Waals surface area contributed by atoms with E-state index in [1.807, 2.05) is 22.4 Å². The number of amides is 1. The summed E-state index contributed by atoms with van der Waals surface area (Å²) in [7, 11) is 0. The Kier molecular flexibility index (Phi) is 5.92. The Labute approximate surface area is 176 Å². The first-order valence-corrected chi connectivity index (χ1v) is 10.8. The molecule has 3 aromatic rings. The van der Waals surface area contributed by atoms with Crippen LogP contribution in [0.3, 0.4) is 0 Å². The van der Waals surface area contributed by atoms with Crippen LogP contribution >= 0.6 is 11.3 Å². The van der Waals surface area contributed by atoms with E-state index >= 15 is 0 Å². The molecule has 1 aliphatic rings. The van der Waals surface area contributed by atoms with Crippen molar-refractivity contribution in [2.45, 2.75) is 20.4 Å². The van der Waals surface area contributed by atoms with E-state index in [2.05, 4.69) is 65.4 Å². The second-order valence-corrected chi connectivity index (χ2v) is 8.37. The van der Waals surface area contributed by atoms with Gasteiger partial charge in [0.05, 0.1) is 0 Å². The van der Waals surface area contributed by atoms with Crippen LogP contribution in [0.4, 0.5) is 10.8 Å². The maximum Gasteiger partial charge on any atom is 0.273 e. The number of carbonyl (C=O) groups excluding carboxylic acids is 1. The topological polar surface area (TPSA) is 48.5 Å². The average Bonchev–Trinajstić information content (AvgIpc) is 3.20. The number of thiazole rings is 1. The van der Waals surface area contributed by atoms with Gasteiger partial charge in [-0.15, -0.1) is 11.3 Å². The molecule has 1 aromatic heterocycles. The SMILES string of the molecule is Cc1ccc(Nc2nc(C(=O)N3CCN(Cc4ccccc4)CC3)cs2)cc1C. The Morgan fingerprint density at radius 3 is 2.52 bits per heavy atom. The molecule has 1 amide bonds. The third-order valence-corrected chi connectivity index (χ3v) is 6.15. The molecule has 0 saturated carbocycles. The van der Waals surface area contributed by atoms with Gasteiger partial charge in [-0.25, -0.2) is 4.98 Å². The molecule has 0 radical (unpaired) electrons. The zero-order valence-electron chi connectivity index (χ0n) is 16.9. The first-order valence-electron chi connectivity index (χ1n) is 9.94. The highest BCUT2D eigenvalue weighted by Crippen LogP contribution is 2.23. The zero-order valence-corrected chi connectivity index (χ0v) is 17.7. The van der Waals surface area contributed by atoms with Crippen molar-refractivity contribution in [3.63, 3.8) is 0 Å². The fourth-order valence-corrected chi connectivity index (χ4v) is 4.19. The highest BCUT2D eigenvalue weighted by molar-refractivity contribution is 7.14. The van der Waals surface area contributed by atoms with E-state index in [0.29, 0.717) is 5.69 Å². The molecule has 0 spiro atoms. The molecule has 1 N–H and O–H groups in total. The lowest BCUT2D eigenvalue weighted by molar-refractivity contribution is 0.0623.